The van der Waals surface area contributed by atoms with E-state index in [0.717, 1.165) is 31.7 Å². The van der Waals surface area contributed by atoms with Gasteiger partial charge in [-0.3, -0.25) is 9.69 Å². The summed E-state index contributed by atoms with van der Waals surface area (Å²) >= 11 is 0. The molecule has 1 aliphatic rings. The second-order valence-electron chi connectivity index (χ2n) is 5.47. The van der Waals surface area contributed by atoms with Gasteiger partial charge in [0.2, 0.25) is 5.91 Å². The largest absolute Gasteiger partial charge is 0.340 e. The number of carbonyl (C=O) groups is 1. The van der Waals surface area contributed by atoms with Crippen molar-refractivity contribution in [3.8, 4) is 6.07 Å². The molecular formula is C16H22N4O. The highest BCUT2D eigenvalue weighted by molar-refractivity contribution is 5.81. The average Bonchev–Trinajstić information content (AvgIpc) is 2.54. The van der Waals surface area contributed by atoms with Gasteiger partial charge in [-0.05, 0) is 24.6 Å². The van der Waals surface area contributed by atoms with Gasteiger partial charge in [0.15, 0.2) is 0 Å². The SMILES string of the molecule is CC(C(=O)N(C)Cc1cccc(C#N)c1)N1CCNCC1. The molecule has 1 amide bonds. The van der Waals surface area contributed by atoms with Crippen LogP contribution in [0.25, 0.3) is 0 Å². The number of rotatable bonds is 4. The zero-order valence-electron chi connectivity index (χ0n) is 12.7. The maximum absolute atomic E-state index is 12.5. The van der Waals surface area contributed by atoms with Crippen LogP contribution >= 0.6 is 0 Å². The maximum atomic E-state index is 12.5. The lowest BCUT2D eigenvalue weighted by atomic mass is 10.1. The third-order valence-electron chi connectivity index (χ3n) is 3.91. The number of likely N-dealkylation sites (N-methyl/N-ethyl adjacent to an activating group) is 1. The van der Waals surface area contributed by atoms with Crippen LogP contribution in [0.15, 0.2) is 24.3 Å². The van der Waals surface area contributed by atoms with Gasteiger partial charge in [0.25, 0.3) is 0 Å². The second-order valence-corrected chi connectivity index (χ2v) is 5.47. The minimum Gasteiger partial charge on any atom is -0.340 e. The predicted molar refractivity (Wildman–Crippen MR) is 81.5 cm³/mol. The molecule has 1 atom stereocenters. The van der Waals surface area contributed by atoms with Crippen molar-refractivity contribution >= 4 is 5.91 Å². The third kappa shape index (κ3) is 4.03. The first-order valence-electron chi connectivity index (χ1n) is 7.30. The molecule has 2 rings (SSSR count). The normalized spacial score (nSPS) is 17.0. The van der Waals surface area contributed by atoms with E-state index in [1.54, 1.807) is 11.0 Å². The Labute approximate surface area is 126 Å². The van der Waals surface area contributed by atoms with Crippen molar-refractivity contribution in [3.05, 3.63) is 35.4 Å². The smallest absolute Gasteiger partial charge is 0.239 e. The Morgan fingerprint density at radius 1 is 1.48 bits per heavy atom. The van der Waals surface area contributed by atoms with Crippen LogP contribution in [0, 0.1) is 11.3 Å². The lowest BCUT2D eigenvalue weighted by Gasteiger charge is -2.34. The Hall–Kier alpha value is -1.90. The van der Waals surface area contributed by atoms with Crippen LogP contribution in [0.1, 0.15) is 18.1 Å². The van der Waals surface area contributed by atoms with Crippen molar-refractivity contribution in [2.45, 2.75) is 19.5 Å². The van der Waals surface area contributed by atoms with E-state index in [1.165, 1.54) is 0 Å². The summed E-state index contributed by atoms with van der Waals surface area (Å²) in [6, 6.07) is 9.43. The molecular weight excluding hydrogens is 264 g/mol. The van der Waals surface area contributed by atoms with Crippen molar-refractivity contribution in [2.75, 3.05) is 33.2 Å². The van der Waals surface area contributed by atoms with Crippen molar-refractivity contribution in [2.24, 2.45) is 0 Å². The van der Waals surface area contributed by atoms with E-state index >= 15 is 0 Å². The topological polar surface area (TPSA) is 59.4 Å². The Kier molecular flexibility index (Phi) is 5.32. The Morgan fingerprint density at radius 3 is 2.86 bits per heavy atom. The summed E-state index contributed by atoms with van der Waals surface area (Å²) in [6.07, 6.45) is 0. The minimum absolute atomic E-state index is 0.101. The number of nitriles is 1. The number of hydrogen-bond acceptors (Lipinski definition) is 4. The first-order valence-corrected chi connectivity index (χ1v) is 7.30. The quantitative estimate of drug-likeness (QED) is 0.890. The summed E-state index contributed by atoms with van der Waals surface area (Å²) in [6.45, 7) is 6.19. The molecule has 5 nitrogen and oxygen atoms in total. The lowest BCUT2D eigenvalue weighted by molar-refractivity contribution is -0.135. The van der Waals surface area contributed by atoms with Gasteiger partial charge in [-0.1, -0.05) is 12.1 Å². The molecule has 1 heterocycles. The first kappa shape index (κ1) is 15.5. The van der Waals surface area contributed by atoms with Gasteiger partial charge in [0, 0.05) is 39.8 Å². The van der Waals surface area contributed by atoms with Gasteiger partial charge in [0.05, 0.1) is 17.7 Å². The van der Waals surface area contributed by atoms with E-state index in [0.29, 0.717) is 12.1 Å². The predicted octanol–water partition coefficient (Wildman–Crippen LogP) is 0.810. The molecule has 1 aromatic rings. The van der Waals surface area contributed by atoms with Gasteiger partial charge >= 0.3 is 0 Å². The molecule has 112 valence electrons. The van der Waals surface area contributed by atoms with Crippen LogP contribution in [0.2, 0.25) is 0 Å². The standard InChI is InChI=1S/C16H22N4O/c1-13(20-8-6-18-7-9-20)16(21)19(2)12-15-5-3-4-14(10-15)11-17/h3-5,10,13,18H,6-9,12H2,1-2H3. The van der Waals surface area contributed by atoms with Crippen LogP contribution in [-0.2, 0) is 11.3 Å². The van der Waals surface area contributed by atoms with Crippen molar-refractivity contribution < 1.29 is 4.79 Å². The fourth-order valence-electron chi connectivity index (χ4n) is 2.64. The Morgan fingerprint density at radius 2 is 2.19 bits per heavy atom. The van der Waals surface area contributed by atoms with Gasteiger partial charge in [-0.2, -0.15) is 5.26 Å². The number of nitrogens with zero attached hydrogens (tertiary/aromatic N) is 3. The first-order chi connectivity index (χ1) is 10.1. The number of amides is 1. The summed E-state index contributed by atoms with van der Waals surface area (Å²) in [5.41, 5.74) is 1.61. The van der Waals surface area contributed by atoms with E-state index in [-0.39, 0.29) is 11.9 Å². The van der Waals surface area contributed by atoms with Crippen LogP contribution in [-0.4, -0.2) is 55.0 Å². The zero-order chi connectivity index (χ0) is 15.2. The van der Waals surface area contributed by atoms with E-state index in [9.17, 15) is 4.79 Å². The molecule has 1 unspecified atom stereocenters. The van der Waals surface area contributed by atoms with Crippen LogP contribution in [0.3, 0.4) is 0 Å². The molecule has 1 saturated heterocycles. The van der Waals surface area contributed by atoms with E-state index in [4.69, 9.17) is 5.26 Å². The lowest BCUT2D eigenvalue weighted by Crippen LogP contribution is -2.52. The molecule has 0 aromatic heterocycles. The monoisotopic (exact) mass is 286 g/mol. The van der Waals surface area contributed by atoms with E-state index in [1.807, 2.05) is 32.2 Å². The summed E-state index contributed by atoms with van der Waals surface area (Å²) in [5, 5.41) is 12.2. The molecule has 0 saturated carbocycles. The van der Waals surface area contributed by atoms with Gasteiger partial charge in [-0.15, -0.1) is 0 Å². The summed E-state index contributed by atoms with van der Waals surface area (Å²) in [5.74, 6) is 0.124. The maximum Gasteiger partial charge on any atom is 0.239 e. The van der Waals surface area contributed by atoms with Crippen molar-refractivity contribution in [1.29, 1.82) is 5.26 Å². The molecule has 0 radical (unpaired) electrons. The highest BCUT2D eigenvalue weighted by Gasteiger charge is 2.25. The van der Waals surface area contributed by atoms with E-state index in [2.05, 4.69) is 16.3 Å². The Bertz CT molecular complexity index is 531. The summed E-state index contributed by atoms with van der Waals surface area (Å²) in [7, 11) is 1.82. The van der Waals surface area contributed by atoms with E-state index < -0.39 is 0 Å². The number of nitrogens with one attached hydrogen (secondary N) is 1. The fourth-order valence-corrected chi connectivity index (χ4v) is 2.64. The third-order valence-corrected chi connectivity index (χ3v) is 3.91. The minimum atomic E-state index is -0.101. The van der Waals surface area contributed by atoms with Gasteiger partial charge in [0.1, 0.15) is 0 Å². The van der Waals surface area contributed by atoms with Crippen molar-refractivity contribution in [3.63, 3.8) is 0 Å². The van der Waals surface area contributed by atoms with Crippen LogP contribution in [0.5, 0.6) is 0 Å². The van der Waals surface area contributed by atoms with Gasteiger partial charge in [-0.25, -0.2) is 0 Å². The van der Waals surface area contributed by atoms with Crippen molar-refractivity contribution in [1.82, 2.24) is 15.1 Å². The molecule has 1 N–H and O–H groups in total. The molecule has 21 heavy (non-hydrogen) atoms. The molecule has 1 fully saturated rings. The Balaban J connectivity index is 1.96. The number of benzene rings is 1. The fraction of sp³-hybridized carbons (Fsp3) is 0.500. The molecule has 0 spiro atoms. The average molecular weight is 286 g/mol. The van der Waals surface area contributed by atoms with Gasteiger partial charge < -0.3 is 10.2 Å². The highest BCUT2D eigenvalue weighted by Crippen LogP contribution is 2.10. The van der Waals surface area contributed by atoms with Crippen LogP contribution < -0.4 is 5.32 Å². The molecule has 0 aliphatic carbocycles. The molecule has 1 aromatic carbocycles. The summed E-state index contributed by atoms with van der Waals surface area (Å²) < 4.78 is 0. The molecule has 1 aliphatic heterocycles. The number of carbonyl (C=O) groups excluding carboxylic acids is 1. The number of piperazine rings is 1. The second kappa shape index (κ2) is 7.21. The molecule has 0 bridgehead atoms. The summed E-state index contributed by atoms with van der Waals surface area (Å²) in [4.78, 5) is 16.4. The zero-order valence-corrected chi connectivity index (χ0v) is 12.7. The number of hydrogen-bond donors (Lipinski definition) is 1. The highest BCUT2D eigenvalue weighted by atomic mass is 16.2. The molecule has 5 heteroatoms. The van der Waals surface area contributed by atoms with Crippen LogP contribution in [0.4, 0.5) is 0 Å².